The summed E-state index contributed by atoms with van der Waals surface area (Å²) in [5, 5.41) is 3.45. The molecule has 0 bridgehead atoms. The van der Waals surface area contributed by atoms with Gasteiger partial charge in [0.05, 0.1) is 11.1 Å². The number of carbonyl (C=O) groups excluding carboxylic acids is 1. The maximum absolute atomic E-state index is 12.7. The molecule has 6 heteroatoms. The Kier molecular flexibility index (Phi) is 3.60. The summed E-state index contributed by atoms with van der Waals surface area (Å²) >= 11 is 9.38. The van der Waals surface area contributed by atoms with Crippen LogP contribution in [0, 0.1) is 11.3 Å². The number of hydrogen-bond donors (Lipinski definition) is 2. The third-order valence-electron chi connectivity index (χ3n) is 5.01. The smallest absolute Gasteiger partial charge is 0.245 e. The number of ether oxygens (including phenoxy) is 1. The van der Waals surface area contributed by atoms with E-state index in [2.05, 4.69) is 21.2 Å². The molecule has 2 fully saturated rings. The fraction of sp³-hybridized carbons (Fsp3) is 0.533. The Labute approximate surface area is 137 Å². The molecule has 1 heterocycles. The van der Waals surface area contributed by atoms with E-state index < -0.39 is 5.54 Å². The lowest BCUT2D eigenvalue weighted by molar-refractivity contribution is -0.170. The second-order valence-electron chi connectivity index (χ2n) is 6.36. The summed E-state index contributed by atoms with van der Waals surface area (Å²) in [4.78, 5) is 12.7. The number of amides is 1. The predicted molar refractivity (Wildman–Crippen MR) is 86.3 cm³/mol. The maximum atomic E-state index is 12.7. The molecular weight excluding hydrogens is 356 g/mol. The summed E-state index contributed by atoms with van der Waals surface area (Å²) in [7, 11) is 0. The topological polar surface area (TPSA) is 64.3 Å². The van der Waals surface area contributed by atoms with Crippen LogP contribution in [0.4, 0.5) is 5.69 Å². The van der Waals surface area contributed by atoms with Crippen molar-refractivity contribution in [2.75, 3.05) is 11.9 Å². The molecule has 1 aromatic carbocycles. The molecule has 3 rings (SSSR count). The molecule has 1 aliphatic heterocycles. The van der Waals surface area contributed by atoms with Crippen molar-refractivity contribution in [2.24, 2.45) is 17.1 Å². The number of hydrogen-bond acceptors (Lipinski definition) is 3. The van der Waals surface area contributed by atoms with Gasteiger partial charge in [-0.05, 0) is 40.5 Å². The standard InChI is InChI=1S/C15H18BrClN2O2/c1-14(2)12-9(5-6-21-12)15(14,18)13(20)19-8-3-4-10(16)11(17)7-8/h3-4,7,9,12H,5-6,18H2,1-2H3,(H,19,20). The van der Waals surface area contributed by atoms with E-state index in [1.54, 1.807) is 18.2 Å². The molecule has 1 aromatic rings. The minimum atomic E-state index is -0.909. The molecule has 1 saturated heterocycles. The molecule has 3 atom stereocenters. The molecule has 0 spiro atoms. The van der Waals surface area contributed by atoms with Crippen LogP contribution in [0.1, 0.15) is 20.3 Å². The molecule has 4 nitrogen and oxygen atoms in total. The summed E-state index contributed by atoms with van der Waals surface area (Å²) in [6.07, 6.45) is 0.904. The zero-order chi connectivity index (χ0) is 15.4. The van der Waals surface area contributed by atoms with Crippen molar-refractivity contribution in [3.63, 3.8) is 0 Å². The average molecular weight is 374 g/mol. The van der Waals surface area contributed by atoms with Crippen molar-refractivity contribution >= 4 is 39.1 Å². The molecule has 2 aliphatic rings. The van der Waals surface area contributed by atoms with Gasteiger partial charge in [0, 0.05) is 28.1 Å². The Morgan fingerprint density at radius 2 is 2.24 bits per heavy atom. The number of benzene rings is 1. The van der Waals surface area contributed by atoms with E-state index in [1.807, 2.05) is 13.8 Å². The highest BCUT2D eigenvalue weighted by atomic mass is 79.9. The van der Waals surface area contributed by atoms with E-state index in [0.717, 1.165) is 10.9 Å². The average Bonchev–Trinajstić information content (AvgIpc) is 2.90. The first-order valence-corrected chi connectivity index (χ1v) is 8.12. The van der Waals surface area contributed by atoms with Crippen LogP contribution in [0.2, 0.25) is 5.02 Å². The van der Waals surface area contributed by atoms with Crippen LogP contribution in [0.5, 0.6) is 0 Å². The van der Waals surface area contributed by atoms with Crippen LogP contribution in [-0.4, -0.2) is 24.2 Å². The normalized spacial score (nSPS) is 33.2. The molecule has 1 aliphatic carbocycles. The summed E-state index contributed by atoms with van der Waals surface area (Å²) in [5.41, 5.74) is 5.85. The van der Waals surface area contributed by atoms with E-state index >= 15 is 0 Å². The summed E-state index contributed by atoms with van der Waals surface area (Å²) in [6.45, 7) is 4.66. The van der Waals surface area contributed by atoms with Crippen molar-refractivity contribution in [3.05, 3.63) is 27.7 Å². The molecular formula is C15H18BrClN2O2. The SMILES string of the molecule is CC1(C)C2OCCC2C1(N)C(=O)Nc1ccc(Br)c(Cl)c1. The molecule has 3 N–H and O–H groups in total. The predicted octanol–water partition coefficient (Wildman–Crippen LogP) is 3.18. The highest BCUT2D eigenvalue weighted by Gasteiger charge is 2.71. The minimum Gasteiger partial charge on any atom is -0.377 e. The third kappa shape index (κ3) is 2.05. The van der Waals surface area contributed by atoms with Crippen molar-refractivity contribution in [1.82, 2.24) is 0 Å². The van der Waals surface area contributed by atoms with Gasteiger partial charge in [0.25, 0.3) is 0 Å². The Bertz CT molecular complexity index is 607. The Morgan fingerprint density at radius 1 is 1.52 bits per heavy atom. The Balaban J connectivity index is 1.83. The summed E-state index contributed by atoms with van der Waals surface area (Å²) in [6, 6.07) is 5.31. The van der Waals surface area contributed by atoms with Crippen LogP contribution in [0.25, 0.3) is 0 Å². The fourth-order valence-electron chi connectivity index (χ4n) is 3.65. The van der Waals surface area contributed by atoms with E-state index in [1.165, 1.54) is 0 Å². The second-order valence-corrected chi connectivity index (χ2v) is 7.62. The zero-order valence-corrected chi connectivity index (χ0v) is 14.3. The van der Waals surface area contributed by atoms with E-state index in [0.29, 0.717) is 17.3 Å². The number of halogens is 2. The Morgan fingerprint density at radius 3 is 2.90 bits per heavy atom. The van der Waals surface area contributed by atoms with E-state index in [9.17, 15) is 4.79 Å². The number of nitrogens with two attached hydrogens (primary N) is 1. The number of fused-ring (bicyclic) bond motifs is 1. The van der Waals surface area contributed by atoms with Crippen LogP contribution in [0.3, 0.4) is 0 Å². The maximum Gasteiger partial charge on any atom is 0.245 e. The first-order valence-electron chi connectivity index (χ1n) is 6.95. The number of rotatable bonds is 2. The van der Waals surface area contributed by atoms with Crippen molar-refractivity contribution in [1.29, 1.82) is 0 Å². The monoisotopic (exact) mass is 372 g/mol. The number of anilines is 1. The molecule has 1 saturated carbocycles. The Hall–Kier alpha value is -0.620. The lowest BCUT2D eigenvalue weighted by Crippen LogP contribution is -2.79. The summed E-state index contributed by atoms with van der Waals surface area (Å²) in [5.74, 6) is -0.0870. The molecule has 21 heavy (non-hydrogen) atoms. The van der Waals surface area contributed by atoms with Gasteiger partial charge in [-0.15, -0.1) is 0 Å². The second kappa shape index (κ2) is 4.95. The van der Waals surface area contributed by atoms with Gasteiger partial charge in [-0.25, -0.2) is 0 Å². The summed E-state index contributed by atoms with van der Waals surface area (Å²) < 4.78 is 6.50. The van der Waals surface area contributed by atoms with E-state index in [-0.39, 0.29) is 23.3 Å². The van der Waals surface area contributed by atoms with Gasteiger partial charge in [0.15, 0.2) is 0 Å². The van der Waals surface area contributed by atoms with E-state index in [4.69, 9.17) is 22.1 Å². The lowest BCUT2D eigenvalue weighted by atomic mass is 9.48. The first-order chi connectivity index (χ1) is 9.78. The number of nitrogens with one attached hydrogen (secondary N) is 1. The number of carbonyl (C=O) groups is 1. The fourth-order valence-corrected chi connectivity index (χ4v) is 4.08. The minimum absolute atomic E-state index is 0.0711. The van der Waals surface area contributed by atoms with Gasteiger partial charge in [-0.3, -0.25) is 4.79 Å². The van der Waals surface area contributed by atoms with Gasteiger partial charge in [0.1, 0.15) is 5.54 Å². The highest BCUT2D eigenvalue weighted by molar-refractivity contribution is 9.10. The highest BCUT2D eigenvalue weighted by Crippen LogP contribution is 2.58. The third-order valence-corrected chi connectivity index (χ3v) is 6.24. The molecule has 1 amide bonds. The van der Waals surface area contributed by atoms with Gasteiger partial charge in [-0.2, -0.15) is 0 Å². The lowest BCUT2D eigenvalue weighted by Gasteiger charge is -2.60. The van der Waals surface area contributed by atoms with Gasteiger partial charge in [-0.1, -0.05) is 25.4 Å². The van der Waals surface area contributed by atoms with Crippen molar-refractivity contribution in [3.8, 4) is 0 Å². The van der Waals surface area contributed by atoms with Crippen molar-refractivity contribution in [2.45, 2.75) is 31.9 Å². The largest absolute Gasteiger partial charge is 0.377 e. The van der Waals surface area contributed by atoms with Crippen LogP contribution in [0.15, 0.2) is 22.7 Å². The van der Waals surface area contributed by atoms with Gasteiger partial charge < -0.3 is 15.8 Å². The molecule has 0 radical (unpaired) electrons. The molecule has 114 valence electrons. The van der Waals surface area contributed by atoms with Crippen LogP contribution >= 0.6 is 27.5 Å². The van der Waals surface area contributed by atoms with Crippen LogP contribution in [-0.2, 0) is 9.53 Å². The first kappa shape index (κ1) is 15.3. The van der Waals surface area contributed by atoms with Gasteiger partial charge in [0.2, 0.25) is 5.91 Å². The van der Waals surface area contributed by atoms with Crippen LogP contribution < -0.4 is 11.1 Å². The zero-order valence-electron chi connectivity index (χ0n) is 12.0. The molecule has 3 unspecified atom stereocenters. The van der Waals surface area contributed by atoms with Gasteiger partial charge >= 0.3 is 0 Å². The molecule has 0 aromatic heterocycles. The van der Waals surface area contributed by atoms with Crippen molar-refractivity contribution < 1.29 is 9.53 Å². The quantitative estimate of drug-likeness (QED) is 0.837.